The van der Waals surface area contributed by atoms with E-state index >= 15 is 0 Å². The SMILES string of the molecule is NCC(Sc1ccncn1)c1ccccc1F. The highest BCUT2D eigenvalue weighted by molar-refractivity contribution is 7.99. The molecule has 1 heterocycles. The van der Waals surface area contributed by atoms with E-state index in [2.05, 4.69) is 9.97 Å². The van der Waals surface area contributed by atoms with Crippen LogP contribution in [-0.4, -0.2) is 16.5 Å². The third-order valence-corrected chi connectivity index (χ3v) is 3.50. The predicted molar refractivity (Wildman–Crippen MR) is 66.1 cm³/mol. The highest BCUT2D eigenvalue weighted by atomic mass is 32.2. The molecule has 0 amide bonds. The van der Waals surface area contributed by atoms with Crippen molar-refractivity contribution in [3.05, 3.63) is 54.2 Å². The number of halogens is 1. The van der Waals surface area contributed by atoms with Crippen LogP contribution in [0.1, 0.15) is 10.8 Å². The van der Waals surface area contributed by atoms with Crippen molar-refractivity contribution >= 4 is 11.8 Å². The van der Waals surface area contributed by atoms with Crippen molar-refractivity contribution in [2.75, 3.05) is 6.54 Å². The van der Waals surface area contributed by atoms with Crippen molar-refractivity contribution in [3.8, 4) is 0 Å². The van der Waals surface area contributed by atoms with Gasteiger partial charge in [0.1, 0.15) is 12.1 Å². The van der Waals surface area contributed by atoms with Crippen LogP contribution < -0.4 is 5.73 Å². The van der Waals surface area contributed by atoms with Crippen LogP contribution >= 0.6 is 11.8 Å². The van der Waals surface area contributed by atoms with Crippen molar-refractivity contribution in [2.45, 2.75) is 10.3 Å². The van der Waals surface area contributed by atoms with Gasteiger partial charge in [-0.05, 0) is 12.1 Å². The number of hydrogen-bond donors (Lipinski definition) is 1. The van der Waals surface area contributed by atoms with Gasteiger partial charge < -0.3 is 5.73 Å². The minimum Gasteiger partial charge on any atom is -0.329 e. The largest absolute Gasteiger partial charge is 0.329 e. The number of benzene rings is 1. The first-order valence-corrected chi connectivity index (χ1v) is 6.06. The molecular formula is C12H12FN3S. The number of thioether (sulfide) groups is 1. The third-order valence-electron chi connectivity index (χ3n) is 2.28. The standard InChI is InChI=1S/C12H12FN3S/c13-10-4-2-1-3-9(10)11(7-14)17-12-5-6-15-8-16-12/h1-6,8,11H,7,14H2. The maximum Gasteiger partial charge on any atom is 0.127 e. The van der Waals surface area contributed by atoms with Gasteiger partial charge in [-0.2, -0.15) is 0 Å². The average molecular weight is 249 g/mol. The summed E-state index contributed by atoms with van der Waals surface area (Å²) in [5.41, 5.74) is 6.30. The molecule has 1 atom stereocenters. The fourth-order valence-electron chi connectivity index (χ4n) is 1.47. The lowest BCUT2D eigenvalue weighted by Gasteiger charge is -2.14. The fourth-order valence-corrected chi connectivity index (χ4v) is 2.42. The maximum absolute atomic E-state index is 13.6. The van der Waals surface area contributed by atoms with Crippen molar-refractivity contribution in [2.24, 2.45) is 5.73 Å². The Labute approximate surface area is 103 Å². The van der Waals surface area contributed by atoms with Gasteiger partial charge >= 0.3 is 0 Å². The van der Waals surface area contributed by atoms with Crippen LogP contribution in [0.3, 0.4) is 0 Å². The average Bonchev–Trinajstić information content (AvgIpc) is 2.38. The normalized spacial score (nSPS) is 12.4. The summed E-state index contributed by atoms with van der Waals surface area (Å²) in [5.74, 6) is -0.232. The van der Waals surface area contributed by atoms with Crippen molar-refractivity contribution < 1.29 is 4.39 Å². The van der Waals surface area contributed by atoms with E-state index in [4.69, 9.17) is 5.73 Å². The Hall–Kier alpha value is -1.46. The van der Waals surface area contributed by atoms with E-state index in [1.165, 1.54) is 24.2 Å². The van der Waals surface area contributed by atoms with Crippen LogP contribution in [0.5, 0.6) is 0 Å². The molecule has 1 aromatic heterocycles. The maximum atomic E-state index is 13.6. The Balaban J connectivity index is 2.21. The van der Waals surface area contributed by atoms with Crippen molar-refractivity contribution in [1.29, 1.82) is 0 Å². The van der Waals surface area contributed by atoms with E-state index in [1.54, 1.807) is 24.4 Å². The first-order valence-electron chi connectivity index (χ1n) is 5.18. The highest BCUT2D eigenvalue weighted by Gasteiger charge is 2.15. The van der Waals surface area contributed by atoms with E-state index in [0.29, 0.717) is 12.1 Å². The van der Waals surface area contributed by atoms with Crippen LogP contribution in [-0.2, 0) is 0 Å². The molecule has 2 aromatic rings. The Bertz CT molecular complexity index is 478. The molecule has 0 saturated carbocycles. The first kappa shape index (κ1) is 12.0. The number of nitrogens with two attached hydrogens (primary N) is 1. The quantitative estimate of drug-likeness (QED) is 0.668. The van der Waals surface area contributed by atoms with Crippen molar-refractivity contribution in [1.82, 2.24) is 9.97 Å². The summed E-state index contributed by atoms with van der Waals surface area (Å²) in [6, 6.07) is 8.46. The van der Waals surface area contributed by atoms with Gasteiger partial charge in [0, 0.05) is 18.3 Å². The lowest BCUT2D eigenvalue weighted by Crippen LogP contribution is -2.11. The van der Waals surface area contributed by atoms with Crippen molar-refractivity contribution in [3.63, 3.8) is 0 Å². The molecule has 0 aliphatic heterocycles. The Morgan fingerprint density at radius 1 is 1.29 bits per heavy atom. The van der Waals surface area contributed by atoms with Gasteiger partial charge in [-0.25, -0.2) is 14.4 Å². The summed E-state index contributed by atoms with van der Waals surface area (Å²) < 4.78 is 13.6. The molecule has 0 spiro atoms. The summed E-state index contributed by atoms with van der Waals surface area (Å²) in [6.45, 7) is 0.357. The van der Waals surface area contributed by atoms with Gasteiger partial charge in [0.2, 0.25) is 0 Å². The number of aromatic nitrogens is 2. The first-order chi connectivity index (χ1) is 8.31. The van der Waals surface area contributed by atoms with Gasteiger partial charge in [0.25, 0.3) is 0 Å². The number of hydrogen-bond acceptors (Lipinski definition) is 4. The van der Waals surface area contributed by atoms with Gasteiger partial charge in [-0.15, -0.1) is 0 Å². The molecule has 2 N–H and O–H groups in total. The second-order valence-electron chi connectivity index (χ2n) is 3.41. The summed E-state index contributed by atoms with van der Waals surface area (Å²) in [7, 11) is 0. The van der Waals surface area contributed by atoms with Gasteiger partial charge in [-0.3, -0.25) is 0 Å². The molecule has 0 aliphatic rings. The lowest BCUT2D eigenvalue weighted by molar-refractivity contribution is 0.608. The molecule has 0 bridgehead atoms. The molecule has 0 fully saturated rings. The molecule has 5 heteroatoms. The summed E-state index contributed by atoms with van der Waals surface area (Å²) in [5, 5.41) is 0.657. The molecular weight excluding hydrogens is 237 g/mol. The van der Waals surface area contributed by atoms with Gasteiger partial charge in [0.15, 0.2) is 0 Å². The third kappa shape index (κ3) is 3.01. The molecule has 3 nitrogen and oxygen atoms in total. The van der Waals surface area contributed by atoms with Crippen LogP contribution in [0, 0.1) is 5.82 Å². The molecule has 1 aromatic carbocycles. The smallest absolute Gasteiger partial charge is 0.127 e. The minimum absolute atomic E-state index is 0.133. The predicted octanol–water partition coefficient (Wildman–Crippen LogP) is 2.41. The highest BCUT2D eigenvalue weighted by Crippen LogP contribution is 2.33. The molecule has 0 aliphatic carbocycles. The van der Waals surface area contributed by atoms with Gasteiger partial charge in [-0.1, -0.05) is 30.0 Å². The van der Waals surface area contributed by atoms with Gasteiger partial charge in [0.05, 0.1) is 10.3 Å². The fraction of sp³-hybridized carbons (Fsp3) is 0.167. The van der Waals surface area contributed by atoms with E-state index in [1.807, 2.05) is 6.07 Å². The zero-order chi connectivity index (χ0) is 12.1. The van der Waals surface area contributed by atoms with E-state index in [9.17, 15) is 4.39 Å². The molecule has 0 saturated heterocycles. The van der Waals surface area contributed by atoms with Crippen LogP contribution in [0.15, 0.2) is 47.9 Å². The van der Waals surface area contributed by atoms with Crippen LogP contribution in [0.4, 0.5) is 4.39 Å². The zero-order valence-corrected chi connectivity index (χ0v) is 9.90. The van der Waals surface area contributed by atoms with Crippen LogP contribution in [0.2, 0.25) is 0 Å². The topological polar surface area (TPSA) is 51.8 Å². The summed E-state index contributed by atoms with van der Waals surface area (Å²) in [6.07, 6.45) is 3.13. The minimum atomic E-state index is -0.232. The van der Waals surface area contributed by atoms with E-state index in [-0.39, 0.29) is 11.1 Å². The van der Waals surface area contributed by atoms with Crippen LogP contribution in [0.25, 0.3) is 0 Å². The number of rotatable bonds is 4. The molecule has 1 unspecified atom stereocenters. The Morgan fingerprint density at radius 2 is 2.12 bits per heavy atom. The molecule has 17 heavy (non-hydrogen) atoms. The second-order valence-corrected chi connectivity index (χ2v) is 4.63. The Morgan fingerprint density at radius 3 is 2.76 bits per heavy atom. The summed E-state index contributed by atoms with van der Waals surface area (Å²) >= 11 is 1.44. The zero-order valence-electron chi connectivity index (χ0n) is 9.08. The van der Waals surface area contributed by atoms with E-state index in [0.717, 1.165) is 5.03 Å². The van der Waals surface area contributed by atoms with E-state index < -0.39 is 0 Å². The monoisotopic (exact) mass is 249 g/mol. The summed E-state index contributed by atoms with van der Waals surface area (Å²) in [4.78, 5) is 7.93. The lowest BCUT2D eigenvalue weighted by atomic mass is 10.1. The number of nitrogens with zero attached hydrogens (tertiary/aromatic N) is 2. The molecule has 0 radical (unpaired) electrons. The molecule has 2 rings (SSSR count). The molecule has 88 valence electrons. The second kappa shape index (κ2) is 5.75. The Kier molecular flexibility index (Phi) is 4.06.